The van der Waals surface area contributed by atoms with Crippen LogP contribution in [0.15, 0.2) is 36.4 Å². The number of nitro groups is 1. The van der Waals surface area contributed by atoms with E-state index in [9.17, 15) is 14.5 Å². The lowest BCUT2D eigenvalue weighted by Gasteiger charge is -2.10. The second-order valence-corrected chi connectivity index (χ2v) is 4.75. The van der Waals surface area contributed by atoms with Gasteiger partial charge in [-0.05, 0) is 30.2 Å². The van der Waals surface area contributed by atoms with Gasteiger partial charge in [0.2, 0.25) is 0 Å². The molecule has 2 aromatic rings. The highest BCUT2D eigenvalue weighted by Gasteiger charge is 2.09. The molecule has 0 spiro atoms. The highest BCUT2D eigenvalue weighted by atomic mass is 35.5. The Morgan fingerprint density at radius 2 is 2.05 bits per heavy atom. The van der Waals surface area contributed by atoms with Crippen molar-refractivity contribution in [1.29, 1.82) is 0 Å². The quantitative estimate of drug-likeness (QED) is 0.675. The minimum atomic E-state index is -0.449. The SMILES string of the molecule is Cc1ccc([N+](=O)[O-])cc1NCc1ccc(F)cc1Cl. The van der Waals surface area contributed by atoms with E-state index in [4.69, 9.17) is 11.6 Å². The van der Waals surface area contributed by atoms with Crippen LogP contribution in [0.4, 0.5) is 15.8 Å². The van der Waals surface area contributed by atoms with Gasteiger partial charge in [-0.2, -0.15) is 0 Å². The smallest absolute Gasteiger partial charge is 0.271 e. The van der Waals surface area contributed by atoms with Gasteiger partial charge in [0, 0.05) is 29.4 Å². The molecule has 0 bridgehead atoms. The zero-order chi connectivity index (χ0) is 14.7. The van der Waals surface area contributed by atoms with E-state index in [1.807, 2.05) is 6.92 Å². The number of hydrogen-bond donors (Lipinski definition) is 1. The Labute approximate surface area is 120 Å². The molecule has 0 aliphatic carbocycles. The zero-order valence-electron chi connectivity index (χ0n) is 10.7. The van der Waals surface area contributed by atoms with Gasteiger partial charge in [-0.15, -0.1) is 0 Å². The van der Waals surface area contributed by atoms with Crippen LogP contribution in [0, 0.1) is 22.9 Å². The molecule has 0 aromatic heterocycles. The van der Waals surface area contributed by atoms with Crippen molar-refractivity contribution in [2.24, 2.45) is 0 Å². The first-order chi connectivity index (χ1) is 9.47. The Hall–Kier alpha value is -2.14. The van der Waals surface area contributed by atoms with Crippen LogP contribution in [-0.2, 0) is 6.54 Å². The van der Waals surface area contributed by atoms with Gasteiger partial charge < -0.3 is 5.32 Å². The molecule has 2 aromatic carbocycles. The summed E-state index contributed by atoms with van der Waals surface area (Å²) in [5.41, 5.74) is 2.27. The number of hydrogen-bond acceptors (Lipinski definition) is 3. The Bertz CT molecular complexity index is 662. The van der Waals surface area contributed by atoms with Crippen molar-refractivity contribution in [3.05, 3.63) is 68.5 Å². The lowest BCUT2D eigenvalue weighted by molar-refractivity contribution is -0.384. The van der Waals surface area contributed by atoms with Crippen LogP contribution in [-0.4, -0.2) is 4.92 Å². The van der Waals surface area contributed by atoms with E-state index in [-0.39, 0.29) is 5.69 Å². The Morgan fingerprint density at radius 1 is 1.30 bits per heavy atom. The maximum absolute atomic E-state index is 12.9. The van der Waals surface area contributed by atoms with Gasteiger partial charge in [-0.25, -0.2) is 4.39 Å². The van der Waals surface area contributed by atoms with Gasteiger partial charge in [-0.1, -0.05) is 23.7 Å². The molecule has 0 radical (unpaired) electrons. The number of non-ortho nitro benzene ring substituents is 1. The van der Waals surface area contributed by atoms with Crippen molar-refractivity contribution >= 4 is 23.0 Å². The molecule has 2 rings (SSSR count). The van der Waals surface area contributed by atoms with E-state index in [2.05, 4.69) is 5.32 Å². The van der Waals surface area contributed by atoms with Gasteiger partial charge in [0.25, 0.3) is 5.69 Å². The Morgan fingerprint density at radius 3 is 2.70 bits per heavy atom. The summed E-state index contributed by atoms with van der Waals surface area (Å²) in [7, 11) is 0. The highest BCUT2D eigenvalue weighted by molar-refractivity contribution is 6.31. The maximum Gasteiger partial charge on any atom is 0.271 e. The molecule has 0 heterocycles. The molecule has 20 heavy (non-hydrogen) atoms. The fraction of sp³-hybridized carbons (Fsp3) is 0.143. The predicted molar refractivity (Wildman–Crippen MR) is 76.6 cm³/mol. The number of aryl methyl sites for hydroxylation is 1. The minimum absolute atomic E-state index is 0.0169. The average Bonchev–Trinajstić information content (AvgIpc) is 2.39. The topological polar surface area (TPSA) is 55.2 Å². The van der Waals surface area contributed by atoms with Crippen molar-refractivity contribution in [1.82, 2.24) is 0 Å². The molecule has 104 valence electrons. The van der Waals surface area contributed by atoms with E-state index < -0.39 is 10.7 Å². The molecule has 0 amide bonds. The van der Waals surface area contributed by atoms with Crippen molar-refractivity contribution in [2.45, 2.75) is 13.5 Å². The van der Waals surface area contributed by atoms with Crippen LogP contribution in [0.2, 0.25) is 5.02 Å². The number of nitrogens with zero attached hydrogens (tertiary/aromatic N) is 1. The molecule has 0 unspecified atom stereocenters. The van der Waals surface area contributed by atoms with Crippen LogP contribution < -0.4 is 5.32 Å². The predicted octanol–water partition coefficient (Wildman–Crippen LogP) is 4.31. The largest absolute Gasteiger partial charge is 0.380 e. The highest BCUT2D eigenvalue weighted by Crippen LogP contribution is 2.24. The third kappa shape index (κ3) is 3.24. The molecule has 1 N–H and O–H groups in total. The number of benzene rings is 2. The average molecular weight is 295 g/mol. The summed E-state index contributed by atoms with van der Waals surface area (Å²) in [6, 6.07) is 8.73. The van der Waals surface area contributed by atoms with Gasteiger partial charge in [0.15, 0.2) is 0 Å². The van der Waals surface area contributed by atoms with Crippen LogP contribution in [0.1, 0.15) is 11.1 Å². The van der Waals surface area contributed by atoms with E-state index in [0.717, 1.165) is 11.1 Å². The summed E-state index contributed by atoms with van der Waals surface area (Å²) in [6.45, 7) is 2.21. The molecule has 0 aliphatic heterocycles. The van der Waals surface area contributed by atoms with Gasteiger partial charge in [-0.3, -0.25) is 10.1 Å². The summed E-state index contributed by atoms with van der Waals surface area (Å²) in [5, 5.41) is 14.1. The van der Waals surface area contributed by atoms with Gasteiger partial charge >= 0.3 is 0 Å². The molecular weight excluding hydrogens is 283 g/mol. The standard InChI is InChI=1S/C14H12ClFN2O2/c1-9-2-5-12(18(19)20)7-14(9)17-8-10-3-4-11(16)6-13(10)15/h2-7,17H,8H2,1H3. The molecule has 0 fully saturated rings. The second-order valence-electron chi connectivity index (χ2n) is 4.35. The lowest BCUT2D eigenvalue weighted by Crippen LogP contribution is -2.02. The summed E-state index contributed by atoms with van der Waals surface area (Å²) >= 11 is 5.93. The first-order valence-electron chi connectivity index (χ1n) is 5.90. The third-order valence-corrected chi connectivity index (χ3v) is 3.27. The van der Waals surface area contributed by atoms with Crippen molar-refractivity contribution in [3.63, 3.8) is 0 Å². The number of rotatable bonds is 4. The Kier molecular flexibility index (Phi) is 4.20. The molecule has 0 saturated heterocycles. The summed E-state index contributed by atoms with van der Waals surface area (Å²) in [5.74, 6) is -0.398. The maximum atomic E-state index is 12.9. The summed E-state index contributed by atoms with van der Waals surface area (Å²) in [4.78, 5) is 10.3. The molecule has 4 nitrogen and oxygen atoms in total. The van der Waals surface area contributed by atoms with Crippen LogP contribution >= 0.6 is 11.6 Å². The monoisotopic (exact) mass is 294 g/mol. The van der Waals surface area contributed by atoms with E-state index in [1.54, 1.807) is 12.1 Å². The number of halogens is 2. The van der Waals surface area contributed by atoms with Crippen molar-refractivity contribution < 1.29 is 9.31 Å². The number of anilines is 1. The van der Waals surface area contributed by atoms with Gasteiger partial charge in [0.1, 0.15) is 5.82 Å². The first-order valence-corrected chi connectivity index (χ1v) is 6.28. The third-order valence-electron chi connectivity index (χ3n) is 2.92. The van der Waals surface area contributed by atoms with Crippen LogP contribution in [0.5, 0.6) is 0 Å². The molecular formula is C14H12ClFN2O2. The van der Waals surface area contributed by atoms with Crippen molar-refractivity contribution in [3.8, 4) is 0 Å². The fourth-order valence-corrected chi connectivity index (χ4v) is 2.00. The molecule has 0 atom stereocenters. The molecule has 6 heteroatoms. The Balaban J connectivity index is 2.18. The molecule has 0 saturated carbocycles. The minimum Gasteiger partial charge on any atom is -0.380 e. The fourth-order valence-electron chi connectivity index (χ4n) is 1.77. The molecule has 0 aliphatic rings. The van der Waals surface area contributed by atoms with Crippen LogP contribution in [0.3, 0.4) is 0 Å². The zero-order valence-corrected chi connectivity index (χ0v) is 11.4. The van der Waals surface area contributed by atoms with E-state index in [0.29, 0.717) is 17.3 Å². The first kappa shape index (κ1) is 14.3. The van der Waals surface area contributed by atoms with E-state index >= 15 is 0 Å². The van der Waals surface area contributed by atoms with Crippen LogP contribution in [0.25, 0.3) is 0 Å². The summed E-state index contributed by atoms with van der Waals surface area (Å²) in [6.07, 6.45) is 0. The van der Waals surface area contributed by atoms with Gasteiger partial charge in [0.05, 0.1) is 4.92 Å². The van der Waals surface area contributed by atoms with Crippen molar-refractivity contribution in [2.75, 3.05) is 5.32 Å². The normalized spacial score (nSPS) is 10.3. The number of nitrogens with one attached hydrogen (secondary N) is 1. The lowest BCUT2D eigenvalue weighted by atomic mass is 10.1. The number of nitro benzene ring substituents is 1. The summed E-state index contributed by atoms with van der Waals surface area (Å²) < 4.78 is 12.9. The second kappa shape index (κ2) is 5.88. The van der Waals surface area contributed by atoms with E-state index in [1.165, 1.54) is 24.3 Å².